The molecule has 2 heterocycles. The quantitative estimate of drug-likeness (QED) is 0.762. The number of aromatic nitrogens is 3. The standard InChI is InChI=1S/C12H10BrIN4/c13-7-3-4-8(16-5-7)12-17-10(6-1-2-6)9(14)11(15)18-12/h3-6H,1-2H2,(H2,15,17,18). The van der Waals surface area contributed by atoms with Gasteiger partial charge in [0.15, 0.2) is 5.82 Å². The molecule has 1 aliphatic carbocycles. The SMILES string of the molecule is Nc1nc(-c2ccc(Br)cn2)nc(C2CC2)c1I. The number of nitrogens with zero attached hydrogens (tertiary/aromatic N) is 3. The second-order valence-electron chi connectivity index (χ2n) is 4.27. The molecule has 18 heavy (non-hydrogen) atoms. The van der Waals surface area contributed by atoms with Crippen molar-refractivity contribution in [2.45, 2.75) is 18.8 Å². The van der Waals surface area contributed by atoms with Crippen LogP contribution in [-0.4, -0.2) is 15.0 Å². The molecule has 1 aliphatic rings. The van der Waals surface area contributed by atoms with Crippen LogP contribution in [0, 0.1) is 3.57 Å². The van der Waals surface area contributed by atoms with Crippen LogP contribution in [0.3, 0.4) is 0 Å². The van der Waals surface area contributed by atoms with Gasteiger partial charge in [-0.3, -0.25) is 4.98 Å². The number of hydrogen-bond donors (Lipinski definition) is 1. The maximum atomic E-state index is 5.96. The van der Waals surface area contributed by atoms with Crippen molar-refractivity contribution in [2.75, 3.05) is 5.73 Å². The molecule has 0 bridgehead atoms. The third kappa shape index (κ3) is 2.35. The summed E-state index contributed by atoms with van der Waals surface area (Å²) in [5, 5.41) is 0. The number of nitrogen functional groups attached to an aromatic ring is 1. The summed E-state index contributed by atoms with van der Waals surface area (Å²) in [7, 11) is 0. The van der Waals surface area contributed by atoms with Crippen LogP contribution in [0.15, 0.2) is 22.8 Å². The molecule has 3 rings (SSSR count). The van der Waals surface area contributed by atoms with Crippen molar-refractivity contribution in [3.63, 3.8) is 0 Å². The molecule has 0 atom stereocenters. The van der Waals surface area contributed by atoms with E-state index >= 15 is 0 Å². The van der Waals surface area contributed by atoms with Gasteiger partial charge in [0.25, 0.3) is 0 Å². The normalized spacial score (nSPS) is 14.8. The zero-order chi connectivity index (χ0) is 12.7. The Labute approximate surface area is 127 Å². The first-order valence-electron chi connectivity index (χ1n) is 5.60. The largest absolute Gasteiger partial charge is 0.383 e. The molecular formula is C12H10BrIN4. The van der Waals surface area contributed by atoms with Gasteiger partial charge in [-0.15, -0.1) is 0 Å². The van der Waals surface area contributed by atoms with Crippen LogP contribution in [0.1, 0.15) is 24.5 Å². The van der Waals surface area contributed by atoms with Gasteiger partial charge in [0.1, 0.15) is 11.5 Å². The molecule has 1 fully saturated rings. The van der Waals surface area contributed by atoms with Crippen molar-refractivity contribution in [3.8, 4) is 11.5 Å². The highest BCUT2D eigenvalue weighted by atomic mass is 127. The second kappa shape index (κ2) is 4.73. The lowest BCUT2D eigenvalue weighted by atomic mass is 10.2. The summed E-state index contributed by atoms with van der Waals surface area (Å²) in [5.74, 6) is 1.71. The molecule has 2 N–H and O–H groups in total. The highest BCUT2D eigenvalue weighted by Crippen LogP contribution is 2.42. The van der Waals surface area contributed by atoms with E-state index in [0.717, 1.165) is 19.4 Å². The van der Waals surface area contributed by atoms with E-state index in [9.17, 15) is 0 Å². The maximum Gasteiger partial charge on any atom is 0.180 e. The van der Waals surface area contributed by atoms with E-state index in [1.165, 1.54) is 12.8 Å². The Kier molecular flexibility index (Phi) is 3.23. The molecule has 92 valence electrons. The average molecular weight is 417 g/mol. The Balaban J connectivity index is 2.09. The molecule has 0 radical (unpaired) electrons. The summed E-state index contributed by atoms with van der Waals surface area (Å²) in [4.78, 5) is 13.3. The summed E-state index contributed by atoms with van der Waals surface area (Å²) >= 11 is 5.59. The zero-order valence-corrected chi connectivity index (χ0v) is 13.1. The molecule has 0 aliphatic heterocycles. The molecule has 0 saturated heterocycles. The molecule has 0 unspecified atom stereocenters. The number of halogens is 2. The van der Waals surface area contributed by atoms with E-state index in [0.29, 0.717) is 17.6 Å². The third-order valence-corrected chi connectivity index (χ3v) is 4.40. The molecule has 0 aromatic carbocycles. The molecule has 6 heteroatoms. The van der Waals surface area contributed by atoms with Crippen molar-refractivity contribution >= 4 is 44.3 Å². The number of anilines is 1. The van der Waals surface area contributed by atoms with Gasteiger partial charge in [0, 0.05) is 16.6 Å². The number of pyridine rings is 1. The predicted molar refractivity (Wildman–Crippen MR) is 82.1 cm³/mol. The van der Waals surface area contributed by atoms with Crippen molar-refractivity contribution in [1.29, 1.82) is 0 Å². The first kappa shape index (κ1) is 12.3. The lowest BCUT2D eigenvalue weighted by Crippen LogP contribution is -2.04. The van der Waals surface area contributed by atoms with Crippen LogP contribution in [0.2, 0.25) is 0 Å². The van der Waals surface area contributed by atoms with Crippen molar-refractivity contribution in [2.24, 2.45) is 0 Å². The number of rotatable bonds is 2. The Bertz CT molecular complexity index is 596. The number of nitrogens with two attached hydrogens (primary N) is 1. The number of hydrogen-bond acceptors (Lipinski definition) is 4. The summed E-state index contributed by atoms with van der Waals surface area (Å²) in [6.45, 7) is 0. The van der Waals surface area contributed by atoms with Gasteiger partial charge in [-0.25, -0.2) is 9.97 Å². The van der Waals surface area contributed by atoms with Crippen molar-refractivity contribution in [3.05, 3.63) is 32.1 Å². The minimum Gasteiger partial charge on any atom is -0.383 e. The molecule has 0 spiro atoms. The van der Waals surface area contributed by atoms with Crippen LogP contribution >= 0.6 is 38.5 Å². The smallest absolute Gasteiger partial charge is 0.180 e. The van der Waals surface area contributed by atoms with Crippen LogP contribution in [0.4, 0.5) is 5.82 Å². The van der Waals surface area contributed by atoms with E-state index < -0.39 is 0 Å². The van der Waals surface area contributed by atoms with Crippen molar-refractivity contribution in [1.82, 2.24) is 15.0 Å². The van der Waals surface area contributed by atoms with Gasteiger partial charge >= 0.3 is 0 Å². The Morgan fingerprint density at radius 2 is 2.06 bits per heavy atom. The highest BCUT2D eigenvalue weighted by Gasteiger charge is 2.29. The molecule has 0 amide bonds. The highest BCUT2D eigenvalue weighted by molar-refractivity contribution is 14.1. The van der Waals surface area contributed by atoms with Gasteiger partial charge in [-0.05, 0) is 63.5 Å². The topological polar surface area (TPSA) is 64.7 Å². The molecule has 1 saturated carbocycles. The molecule has 2 aromatic heterocycles. The molecule has 4 nitrogen and oxygen atoms in total. The fraction of sp³-hybridized carbons (Fsp3) is 0.250. The van der Waals surface area contributed by atoms with E-state index in [2.05, 4.69) is 53.5 Å². The lowest BCUT2D eigenvalue weighted by Gasteiger charge is -2.07. The summed E-state index contributed by atoms with van der Waals surface area (Å²) < 4.78 is 1.92. The van der Waals surface area contributed by atoms with Crippen LogP contribution in [0.5, 0.6) is 0 Å². The fourth-order valence-electron chi connectivity index (χ4n) is 1.73. The third-order valence-electron chi connectivity index (χ3n) is 2.82. The van der Waals surface area contributed by atoms with Crippen LogP contribution in [-0.2, 0) is 0 Å². The molecular weight excluding hydrogens is 407 g/mol. The van der Waals surface area contributed by atoms with Gasteiger partial charge in [-0.1, -0.05) is 0 Å². The monoisotopic (exact) mass is 416 g/mol. The maximum absolute atomic E-state index is 5.96. The minimum absolute atomic E-state index is 0.548. The average Bonchev–Trinajstić information content (AvgIpc) is 3.18. The van der Waals surface area contributed by atoms with E-state index in [4.69, 9.17) is 5.73 Å². The summed E-state index contributed by atoms with van der Waals surface area (Å²) in [6, 6.07) is 3.82. The van der Waals surface area contributed by atoms with E-state index in [-0.39, 0.29) is 0 Å². The van der Waals surface area contributed by atoms with E-state index in [1.54, 1.807) is 6.20 Å². The first-order valence-corrected chi connectivity index (χ1v) is 7.47. The second-order valence-corrected chi connectivity index (χ2v) is 6.26. The summed E-state index contributed by atoms with van der Waals surface area (Å²) in [6.07, 6.45) is 4.13. The Morgan fingerprint density at radius 3 is 2.67 bits per heavy atom. The van der Waals surface area contributed by atoms with Gasteiger partial charge in [-0.2, -0.15) is 0 Å². The Hall–Kier alpha value is -0.760. The van der Waals surface area contributed by atoms with Crippen LogP contribution < -0.4 is 5.73 Å². The first-order chi connectivity index (χ1) is 8.65. The van der Waals surface area contributed by atoms with Gasteiger partial charge in [0.05, 0.1) is 9.26 Å². The van der Waals surface area contributed by atoms with E-state index in [1.807, 2.05) is 12.1 Å². The van der Waals surface area contributed by atoms with Crippen LogP contribution in [0.25, 0.3) is 11.5 Å². The summed E-state index contributed by atoms with van der Waals surface area (Å²) in [5.41, 5.74) is 7.78. The fourth-order valence-corrected chi connectivity index (χ4v) is 2.65. The minimum atomic E-state index is 0.548. The predicted octanol–water partition coefficient (Wildman–Crippen LogP) is 3.37. The molecule has 2 aromatic rings. The lowest BCUT2D eigenvalue weighted by molar-refractivity contribution is 0.976. The Morgan fingerprint density at radius 1 is 1.28 bits per heavy atom. The van der Waals surface area contributed by atoms with Gasteiger partial charge in [0.2, 0.25) is 0 Å². The van der Waals surface area contributed by atoms with Crippen molar-refractivity contribution < 1.29 is 0 Å². The zero-order valence-electron chi connectivity index (χ0n) is 9.40. The van der Waals surface area contributed by atoms with Gasteiger partial charge < -0.3 is 5.73 Å².